The fourth-order valence-corrected chi connectivity index (χ4v) is 3.53. The SMILES string of the molecule is COc1ccc(CC(=O)Nc2ccc(-n3nnc(C(=O)N4CCCC4)n3)cc2)cc1OC. The summed E-state index contributed by atoms with van der Waals surface area (Å²) in [7, 11) is 3.12. The maximum atomic E-state index is 12.4. The van der Waals surface area contributed by atoms with Gasteiger partial charge < -0.3 is 19.7 Å². The number of aromatic nitrogens is 4. The Bertz CT molecular complexity index is 1110. The van der Waals surface area contributed by atoms with Crippen LogP contribution >= 0.6 is 0 Å². The molecule has 1 saturated heterocycles. The summed E-state index contributed by atoms with van der Waals surface area (Å²) in [6.07, 6.45) is 2.19. The second-order valence-electron chi connectivity index (χ2n) is 7.36. The smallest absolute Gasteiger partial charge is 0.295 e. The highest BCUT2D eigenvalue weighted by atomic mass is 16.5. The molecule has 0 bridgehead atoms. The number of ether oxygens (including phenoxy) is 2. The second-order valence-corrected chi connectivity index (χ2v) is 7.36. The molecule has 1 N–H and O–H groups in total. The normalized spacial score (nSPS) is 13.1. The zero-order chi connectivity index (χ0) is 22.5. The lowest BCUT2D eigenvalue weighted by Crippen LogP contribution is -2.28. The number of tetrazole rings is 1. The average Bonchev–Trinajstić information content (AvgIpc) is 3.52. The Hall–Kier alpha value is -3.95. The molecule has 0 unspecified atom stereocenters. The van der Waals surface area contributed by atoms with E-state index in [0.717, 1.165) is 31.5 Å². The molecule has 4 rings (SSSR count). The van der Waals surface area contributed by atoms with E-state index in [1.54, 1.807) is 55.5 Å². The van der Waals surface area contributed by atoms with Crippen LogP contribution in [0.1, 0.15) is 29.0 Å². The van der Waals surface area contributed by atoms with Gasteiger partial charge in [0.1, 0.15) is 0 Å². The van der Waals surface area contributed by atoms with Gasteiger partial charge in [0.05, 0.1) is 26.3 Å². The van der Waals surface area contributed by atoms with Crippen LogP contribution < -0.4 is 14.8 Å². The molecular formula is C22H24N6O4. The molecule has 2 heterocycles. The Kier molecular flexibility index (Phi) is 6.29. The summed E-state index contributed by atoms with van der Waals surface area (Å²) in [5.74, 6) is 0.902. The maximum absolute atomic E-state index is 12.4. The van der Waals surface area contributed by atoms with Crippen molar-refractivity contribution in [3.63, 3.8) is 0 Å². The average molecular weight is 436 g/mol. The third-order valence-corrected chi connectivity index (χ3v) is 5.19. The monoisotopic (exact) mass is 436 g/mol. The number of rotatable bonds is 7. The second kappa shape index (κ2) is 9.46. The fraction of sp³-hybridized carbons (Fsp3) is 0.318. The molecule has 10 nitrogen and oxygen atoms in total. The number of anilines is 1. The topological polar surface area (TPSA) is 111 Å². The molecule has 0 aliphatic carbocycles. The molecule has 3 aromatic rings. The van der Waals surface area contributed by atoms with Crippen molar-refractivity contribution in [2.24, 2.45) is 0 Å². The number of carbonyl (C=O) groups excluding carboxylic acids is 2. The van der Waals surface area contributed by atoms with Gasteiger partial charge in [0, 0.05) is 18.8 Å². The molecule has 166 valence electrons. The van der Waals surface area contributed by atoms with E-state index in [1.807, 2.05) is 6.07 Å². The highest BCUT2D eigenvalue weighted by molar-refractivity contribution is 5.92. The summed E-state index contributed by atoms with van der Waals surface area (Å²) in [6.45, 7) is 1.45. The van der Waals surface area contributed by atoms with E-state index in [0.29, 0.717) is 22.9 Å². The Morgan fingerprint density at radius 1 is 1.00 bits per heavy atom. The number of hydrogen-bond acceptors (Lipinski definition) is 7. The zero-order valence-electron chi connectivity index (χ0n) is 17.9. The van der Waals surface area contributed by atoms with Gasteiger partial charge in [-0.1, -0.05) is 6.07 Å². The molecule has 0 radical (unpaired) electrons. The number of benzene rings is 2. The molecule has 1 aliphatic rings. The van der Waals surface area contributed by atoms with E-state index in [-0.39, 0.29) is 24.1 Å². The van der Waals surface area contributed by atoms with Gasteiger partial charge in [-0.15, -0.1) is 15.0 Å². The standard InChI is InChI=1S/C22H24N6O4/c1-31-18-10-5-15(13-19(18)32-2)14-20(29)23-16-6-8-17(9-7-16)28-25-21(24-26-28)22(30)27-11-3-4-12-27/h5-10,13H,3-4,11-12,14H2,1-2H3,(H,23,29). The molecule has 2 aromatic carbocycles. The van der Waals surface area contributed by atoms with Gasteiger partial charge in [-0.3, -0.25) is 9.59 Å². The predicted octanol–water partition coefficient (Wildman–Crippen LogP) is 2.10. The minimum atomic E-state index is -0.201. The number of nitrogens with one attached hydrogen (secondary N) is 1. The maximum Gasteiger partial charge on any atom is 0.295 e. The minimum absolute atomic E-state index is 0.0826. The van der Waals surface area contributed by atoms with Gasteiger partial charge in [-0.25, -0.2) is 0 Å². The Labute approximate surface area is 185 Å². The van der Waals surface area contributed by atoms with Crippen molar-refractivity contribution in [1.29, 1.82) is 0 Å². The van der Waals surface area contributed by atoms with E-state index in [2.05, 4.69) is 20.7 Å². The lowest BCUT2D eigenvalue weighted by Gasteiger charge is -2.11. The largest absolute Gasteiger partial charge is 0.493 e. The molecule has 1 fully saturated rings. The van der Waals surface area contributed by atoms with E-state index >= 15 is 0 Å². The van der Waals surface area contributed by atoms with Gasteiger partial charge in [-0.2, -0.15) is 0 Å². The lowest BCUT2D eigenvalue weighted by atomic mass is 10.1. The fourth-order valence-electron chi connectivity index (χ4n) is 3.53. The molecule has 1 aromatic heterocycles. The summed E-state index contributed by atoms with van der Waals surface area (Å²) in [6, 6.07) is 12.3. The number of hydrogen-bond donors (Lipinski definition) is 1. The quantitative estimate of drug-likeness (QED) is 0.604. The first-order valence-corrected chi connectivity index (χ1v) is 10.3. The van der Waals surface area contributed by atoms with E-state index in [9.17, 15) is 9.59 Å². The van der Waals surface area contributed by atoms with E-state index in [4.69, 9.17) is 9.47 Å². The van der Waals surface area contributed by atoms with Crippen LogP contribution in [0.2, 0.25) is 0 Å². The van der Waals surface area contributed by atoms with Gasteiger partial charge >= 0.3 is 0 Å². The Balaban J connectivity index is 1.38. The molecule has 10 heteroatoms. The molecule has 0 atom stereocenters. The Morgan fingerprint density at radius 2 is 1.72 bits per heavy atom. The van der Waals surface area contributed by atoms with E-state index in [1.165, 1.54) is 4.80 Å². The van der Waals surface area contributed by atoms with Crippen molar-refractivity contribution < 1.29 is 19.1 Å². The van der Waals surface area contributed by atoms with E-state index < -0.39 is 0 Å². The zero-order valence-corrected chi connectivity index (χ0v) is 17.9. The highest BCUT2D eigenvalue weighted by Gasteiger charge is 2.23. The Morgan fingerprint density at radius 3 is 2.41 bits per heavy atom. The number of amides is 2. The van der Waals surface area contributed by atoms with Crippen LogP contribution in [0.25, 0.3) is 5.69 Å². The van der Waals surface area contributed by atoms with Crippen molar-refractivity contribution in [1.82, 2.24) is 25.1 Å². The van der Waals surface area contributed by atoms with Crippen LogP contribution in [0, 0.1) is 0 Å². The van der Waals surface area contributed by atoms with Crippen molar-refractivity contribution in [3.8, 4) is 17.2 Å². The summed E-state index contributed by atoms with van der Waals surface area (Å²) < 4.78 is 10.5. The van der Waals surface area contributed by atoms with Crippen LogP contribution in [0.4, 0.5) is 5.69 Å². The third-order valence-electron chi connectivity index (χ3n) is 5.19. The van der Waals surface area contributed by atoms with Gasteiger partial charge in [0.2, 0.25) is 5.91 Å². The lowest BCUT2D eigenvalue weighted by molar-refractivity contribution is -0.115. The van der Waals surface area contributed by atoms with Crippen LogP contribution in [-0.4, -0.2) is 64.2 Å². The number of likely N-dealkylation sites (tertiary alicyclic amines) is 1. The number of carbonyl (C=O) groups is 2. The first-order chi connectivity index (χ1) is 15.6. The van der Waals surface area contributed by atoms with Gasteiger partial charge in [0.15, 0.2) is 11.5 Å². The van der Waals surface area contributed by atoms with Crippen LogP contribution in [-0.2, 0) is 11.2 Å². The minimum Gasteiger partial charge on any atom is -0.493 e. The molecule has 2 amide bonds. The van der Waals surface area contributed by atoms with Crippen molar-refractivity contribution in [2.75, 3.05) is 32.6 Å². The first kappa shape index (κ1) is 21.3. The van der Waals surface area contributed by atoms with Crippen molar-refractivity contribution >= 4 is 17.5 Å². The van der Waals surface area contributed by atoms with Gasteiger partial charge in [-0.05, 0) is 60.0 Å². The highest BCUT2D eigenvalue weighted by Crippen LogP contribution is 2.27. The number of methoxy groups -OCH3 is 2. The predicted molar refractivity (Wildman–Crippen MR) is 116 cm³/mol. The number of nitrogens with zero attached hydrogens (tertiary/aromatic N) is 5. The van der Waals surface area contributed by atoms with Crippen molar-refractivity contribution in [3.05, 3.63) is 53.9 Å². The van der Waals surface area contributed by atoms with Crippen LogP contribution in [0.5, 0.6) is 11.5 Å². The summed E-state index contributed by atoms with van der Waals surface area (Å²) in [5, 5.41) is 14.9. The van der Waals surface area contributed by atoms with Crippen LogP contribution in [0.15, 0.2) is 42.5 Å². The molecular weight excluding hydrogens is 412 g/mol. The first-order valence-electron chi connectivity index (χ1n) is 10.3. The molecule has 32 heavy (non-hydrogen) atoms. The summed E-state index contributed by atoms with van der Waals surface area (Å²) in [4.78, 5) is 27.8. The molecule has 0 saturated carbocycles. The van der Waals surface area contributed by atoms with Gasteiger partial charge in [0.25, 0.3) is 11.7 Å². The van der Waals surface area contributed by atoms with Crippen molar-refractivity contribution in [2.45, 2.75) is 19.3 Å². The van der Waals surface area contributed by atoms with Crippen LogP contribution in [0.3, 0.4) is 0 Å². The molecule has 0 spiro atoms. The summed E-state index contributed by atoms with van der Waals surface area (Å²) in [5.41, 5.74) is 2.07. The third kappa shape index (κ3) is 4.69. The molecule has 1 aliphatic heterocycles. The summed E-state index contributed by atoms with van der Waals surface area (Å²) >= 11 is 0.